The van der Waals surface area contributed by atoms with E-state index in [1.807, 2.05) is 24.3 Å². The number of rotatable bonds is 5. The first-order chi connectivity index (χ1) is 13.6. The lowest BCUT2D eigenvalue weighted by Gasteiger charge is -2.25. The number of nitrogens with one attached hydrogen (secondary N) is 1. The van der Waals surface area contributed by atoms with Crippen molar-refractivity contribution in [3.63, 3.8) is 0 Å². The van der Waals surface area contributed by atoms with Gasteiger partial charge >= 0.3 is 0 Å². The van der Waals surface area contributed by atoms with Gasteiger partial charge in [0.15, 0.2) is 12.2 Å². The van der Waals surface area contributed by atoms with Gasteiger partial charge in [-0.3, -0.25) is 4.79 Å². The average Bonchev–Trinajstić information content (AvgIpc) is 3.23. The van der Waals surface area contributed by atoms with E-state index in [-0.39, 0.29) is 24.2 Å². The SMILES string of the molecule is CC(F)Oc1cc(-c2cnco2)ccc1NC(=O)C1COc2ccccc2C1. The zero-order valence-corrected chi connectivity index (χ0v) is 15.2. The van der Waals surface area contributed by atoms with Gasteiger partial charge in [0, 0.05) is 12.5 Å². The molecular weight excluding hydrogens is 363 g/mol. The summed E-state index contributed by atoms with van der Waals surface area (Å²) in [5.74, 6) is 0.983. The van der Waals surface area contributed by atoms with Crippen molar-refractivity contribution in [1.29, 1.82) is 0 Å². The van der Waals surface area contributed by atoms with E-state index in [0.29, 0.717) is 23.4 Å². The molecular formula is C21H19FN2O4. The van der Waals surface area contributed by atoms with Crippen LogP contribution in [0.2, 0.25) is 0 Å². The number of anilines is 1. The molecule has 2 atom stereocenters. The van der Waals surface area contributed by atoms with Crippen LogP contribution in [0.5, 0.6) is 11.5 Å². The number of carbonyl (C=O) groups is 1. The Kier molecular flexibility index (Phi) is 4.97. The number of halogens is 1. The number of hydrogen-bond acceptors (Lipinski definition) is 5. The van der Waals surface area contributed by atoms with E-state index in [1.54, 1.807) is 24.4 Å². The van der Waals surface area contributed by atoms with E-state index in [2.05, 4.69) is 10.3 Å². The lowest BCUT2D eigenvalue weighted by Crippen LogP contribution is -2.32. The van der Waals surface area contributed by atoms with Crippen LogP contribution in [0.3, 0.4) is 0 Å². The molecule has 0 aliphatic carbocycles. The molecule has 0 saturated heterocycles. The van der Waals surface area contributed by atoms with Crippen LogP contribution in [0.25, 0.3) is 11.3 Å². The minimum Gasteiger partial charge on any atom is -0.492 e. The summed E-state index contributed by atoms with van der Waals surface area (Å²) in [7, 11) is 0. The highest BCUT2D eigenvalue weighted by atomic mass is 19.1. The maximum atomic E-state index is 13.5. The van der Waals surface area contributed by atoms with E-state index < -0.39 is 6.36 Å². The Morgan fingerprint density at radius 3 is 2.96 bits per heavy atom. The van der Waals surface area contributed by atoms with Crippen LogP contribution in [0.15, 0.2) is 59.5 Å². The number of fused-ring (bicyclic) bond motifs is 1. The van der Waals surface area contributed by atoms with Crippen molar-refractivity contribution in [2.45, 2.75) is 19.7 Å². The van der Waals surface area contributed by atoms with Gasteiger partial charge in [0.25, 0.3) is 0 Å². The van der Waals surface area contributed by atoms with Crippen LogP contribution >= 0.6 is 0 Å². The molecule has 6 nitrogen and oxygen atoms in total. The van der Waals surface area contributed by atoms with Crippen LogP contribution < -0.4 is 14.8 Å². The molecule has 2 unspecified atom stereocenters. The number of nitrogens with zero attached hydrogens (tertiary/aromatic N) is 1. The lowest BCUT2D eigenvalue weighted by molar-refractivity contribution is -0.121. The second kappa shape index (κ2) is 7.72. The van der Waals surface area contributed by atoms with Crippen LogP contribution in [0.4, 0.5) is 10.1 Å². The molecule has 144 valence electrons. The average molecular weight is 382 g/mol. The Labute approximate surface area is 161 Å². The zero-order valence-electron chi connectivity index (χ0n) is 15.2. The number of ether oxygens (including phenoxy) is 2. The number of benzene rings is 2. The van der Waals surface area contributed by atoms with Crippen molar-refractivity contribution in [3.8, 4) is 22.8 Å². The number of carbonyl (C=O) groups excluding carboxylic acids is 1. The summed E-state index contributed by atoms with van der Waals surface area (Å²) in [6.07, 6.45) is 1.90. The highest BCUT2D eigenvalue weighted by Crippen LogP contribution is 2.33. The van der Waals surface area contributed by atoms with Crippen LogP contribution in [0, 0.1) is 5.92 Å². The molecule has 1 aliphatic heterocycles. The Bertz CT molecular complexity index is 972. The van der Waals surface area contributed by atoms with Crippen molar-refractivity contribution in [3.05, 3.63) is 60.6 Å². The maximum Gasteiger partial charge on any atom is 0.235 e. The summed E-state index contributed by atoms with van der Waals surface area (Å²) >= 11 is 0. The minimum absolute atomic E-state index is 0.210. The van der Waals surface area contributed by atoms with Crippen molar-refractivity contribution in [1.82, 2.24) is 4.98 Å². The summed E-state index contributed by atoms with van der Waals surface area (Å²) < 4.78 is 29.7. The summed E-state index contributed by atoms with van der Waals surface area (Å²) in [5.41, 5.74) is 2.04. The molecule has 4 rings (SSSR count). The molecule has 0 fully saturated rings. The molecule has 28 heavy (non-hydrogen) atoms. The van der Waals surface area contributed by atoms with Crippen molar-refractivity contribution >= 4 is 11.6 Å². The third-order valence-electron chi connectivity index (χ3n) is 4.50. The topological polar surface area (TPSA) is 73.6 Å². The summed E-state index contributed by atoms with van der Waals surface area (Å²) in [4.78, 5) is 16.6. The number of hydrogen-bond donors (Lipinski definition) is 1. The predicted molar refractivity (Wildman–Crippen MR) is 101 cm³/mol. The van der Waals surface area contributed by atoms with Gasteiger partial charge in [-0.15, -0.1) is 0 Å². The quantitative estimate of drug-likeness (QED) is 0.715. The first-order valence-electron chi connectivity index (χ1n) is 8.95. The first kappa shape index (κ1) is 18.0. The lowest BCUT2D eigenvalue weighted by atomic mass is 9.96. The molecule has 1 amide bonds. The predicted octanol–water partition coefficient (Wildman–Crippen LogP) is 4.23. The number of para-hydroxylation sites is 1. The monoisotopic (exact) mass is 382 g/mol. The molecule has 0 spiro atoms. The van der Waals surface area contributed by atoms with Crippen molar-refractivity contribution in [2.24, 2.45) is 5.92 Å². The molecule has 0 radical (unpaired) electrons. The van der Waals surface area contributed by atoms with Gasteiger partial charge in [-0.1, -0.05) is 18.2 Å². The smallest absolute Gasteiger partial charge is 0.235 e. The molecule has 2 aromatic carbocycles. The number of aromatic nitrogens is 1. The molecule has 1 N–H and O–H groups in total. The van der Waals surface area contributed by atoms with E-state index in [0.717, 1.165) is 11.3 Å². The second-order valence-electron chi connectivity index (χ2n) is 6.55. The van der Waals surface area contributed by atoms with E-state index in [1.165, 1.54) is 13.3 Å². The fourth-order valence-electron chi connectivity index (χ4n) is 3.14. The Balaban J connectivity index is 1.54. The van der Waals surface area contributed by atoms with E-state index in [4.69, 9.17) is 13.9 Å². The first-order valence-corrected chi connectivity index (χ1v) is 8.95. The van der Waals surface area contributed by atoms with Gasteiger partial charge in [0.05, 0.1) is 17.8 Å². The van der Waals surface area contributed by atoms with Gasteiger partial charge in [0.1, 0.15) is 18.1 Å². The highest BCUT2D eigenvalue weighted by Gasteiger charge is 2.26. The molecule has 1 aliphatic rings. The van der Waals surface area contributed by atoms with Gasteiger partial charge in [0.2, 0.25) is 12.3 Å². The van der Waals surface area contributed by atoms with Gasteiger partial charge in [-0.25, -0.2) is 9.37 Å². The van der Waals surface area contributed by atoms with E-state index in [9.17, 15) is 9.18 Å². The van der Waals surface area contributed by atoms with E-state index >= 15 is 0 Å². The van der Waals surface area contributed by atoms with Crippen LogP contribution in [-0.2, 0) is 11.2 Å². The number of oxazole rings is 1. The molecule has 1 aromatic heterocycles. The molecule has 0 bridgehead atoms. The Morgan fingerprint density at radius 1 is 1.32 bits per heavy atom. The highest BCUT2D eigenvalue weighted by molar-refractivity contribution is 5.94. The van der Waals surface area contributed by atoms with Crippen LogP contribution in [-0.4, -0.2) is 23.9 Å². The fraction of sp³-hybridized carbons (Fsp3) is 0.238. The maximum absolute atomic E-state index is 13.5. The third-order valence-corrected chi connectivity index (χ3v) is 4.50. The molecule has 0 saturated carbocycles. The van der Waals surface area contributed by atoms with Gasteiger partial charge in [-0.2, -0.15) is 0 Å². The summed E-state index contributed by atoms with van der Waals surface area (Å²) in [6, 6.07) is 12.7. The fourth-order valence-corrected chi connectivity index (χ4v) is 3.14. The Hall–Kier alpha value is -3.35. The zero-order chi connectivity index (χ0) is 19.5. The number of amides is 1. The summed E-state index contributed by atoms with van der Waals surface area (Å²) in [5, 5.41) is 2.83. The normalized spacial score (nSPS) is 16.6. The van der Waals surface area contributed by atoms with Crippen molar-refractivity contribution in [2.75, 3.05) is 11.9 Å². The van der Waals surface area contributed by atoms with Gasteiger partial charge < -0.3 is 19.2 Å². The third kappa shape index (κ3) is 3.83. The Morgan fingerprint density at radius 2 is 2.18 bits per heavy atom. The molecule has 3 aromatic rings. The minimum atomic E-state index is -1.54. The van der Waals surface area contributed by atoms with Crippen LogP contribution in [0.1, 0.15) is 12.5 Å². The second-order valence-corrected chi connectivity index (χ2v) is 6.55. The molecule has 2 heterocycles. The standard InChI is InChI=1S/C21H19FN2O4/c1-13(22)28-19-9-15(20-10-23-12-27-20)6-7-17(19)24-21(25)16-8-14-4-2-3-5-18(14)26-11-16/h2-7,9-10,12-13,16H,8,11H2,1H3,(H,24,25). The van der Waals surface area contributed by atoms with Crippen molar-refractivity contribution < 1.29 is 23.1 Å². The molecule has 7 heteroatoms. The largest absolute Gasteiger partial charge is 0.492 e. The summed E-state index contributed by atoms with van der Waals surface area (Å²) in [6.45, 7) is 1.56. The van der Waals surface area contributed by atoms with Gasteiger partial charge in [-0.05, 0) is 36.2 Å². The number of alkyl halides is 1.